The Morgan fingerprint density at radius 1 is 1.29 bits per heavy atom. The fourth-order valence-electron chi connectivity index (χ4n) is 2.74. The van der Waals surface area contributed by atoms with Gasteiger partial charge in [0.1, 0.15) is 11.3 Å². The van der Waals surface area contributed by atoms with Crippen LogP contribution in [0.1, 0.15) is 23.2 Å². The van der Waals surface area contributed by atoms with Crippen LogP contribution >= 0.6 is 0 Å². The highest BCUT2D eigenvalue weighted by atomic mass is 16.2. The number of piperidine rings is 1. The van der Waals surface area contributed by atoms with Crippen LogP contribution in [0.2, 0.25) is 0 Å². The van der Waals surface area contributed by atoms with Crippen LogP contribution in [-0.4, -0.2) is 44.8 Å². The fraction of sp³-hybridized carbons (Fsp3) is 0.312. The predicted octanol–water partition coefficient (Wildman–Crippen LogP) is 0.169. The Bertz CT molecular complexity index is 818. The van der Waals surface area contributed by atoms with Crippen LogP contribution in [0.3, 0.4) is 0 Å². The average molecular weight is 327 g/mol. The van der Waals surface area contributed by atoms with Gasteiger partial charge in [0.2, 0.25) is 5.91 Å². The van der Waals surface area contributed by atoms with E-state index in [1.807, 2.05) is 0 Å². The molecule has 0 radical (unpaired) electrons. The minimum atomic E-state index is -0.531. The van der Waals surface area contributed by atoms with Crippen LogP contribution in [0.25, 0.3) is 11.5 Å². The summed E-state index contributed by atoms with van der Waals surface area (Å²) in [6, 6.07) is 5.24. The summed E-state index contributed by atoms with van der Waals surface area (Å²) in [5.41, 5.74) is 5.25. The lowest BCUT2D eigenvalue weighted by molar-refractivity contribution is -0.123. The zero-order valence-corrected chi connectivity index (χ0v) is 12.9. The normalized spacial score (nSPS) is 17.5. The number of aromatic nitrogens is 3. The van der Waals surface area contributed by atoms with Crippen LogP contribution in [0.15, 0.2) is 35.4 Å². The number of likely N-dealkylation sites (tertiary alicyclic amines) is 1. The number of primary amides is 1. The molecule has 1 fully saturated rings. The molecule has 1 atom stereocenters. The zero-order valence-electron chi connectivity index (χ0n) is 12.9. The third-order valence-electron chi connectivity index (χ3n) is 4.05. The molecule has 1 unspecified atom stereocenters. The van der Waals surface area contributed by atoms with Crippen LogP contribution in [0.4, 0.5) is 0 Å². The molecule has 1 aliphatic heterocycles. The van der Waals surface area contributed by atoms with Gasteiger partial charge >= 0.3 is 0 Å². The first kappa shape index (κ1) is 15.9. The van der Waals surface area contributed by atoms with E-state index in [9.17, 15) is 14.4 Å². The van der Waals surface area contributed by atoms with Gasteiger partial charge in [-0.05, 0) is 25.0 Å². The van der Waals surface area contributed by atoms with Gasteiger partial charge in [-0.2, -0.15) is 0 Å². The molecule has 0 aromatic carbocycles. The molecule has 3 heterocycles. The molecule has 0 spiro atoms. The molecule has 3 rings (SSSR count). The summed E-state index contributed by atoms with van der Waals surface area (Å²) in [6.07, 6.45) is 4.17. The van der Waals surface area contributed by atoms with Crippen molar-refractivity contribution in [2.45, 2.75) is 12.8 Å². The molecule has 8 nitrogen and oxygen atoms in total. The second-order valence-electron chi connectivity index (χ2n) is 5.68. The Balaban J connectivity index is 1.83. The van der Waals surface area contributed by atoms with E-state index < -0.39 is 17.4 Å². The molecule has 8 heteroatoms. The highest BCUT2D eigenvalue weighted by molar-refractivity contribution is 5.94. The second kappa shape index (κ2) is 6.61. The van der Waals surface area contributed by atoms with Gasteiger partial charge in [0.15, 0.2) is 5.82 Å². The summed E-state index contributed by atoms with van der Waals surface area (Å²) in [4.78, 5) is 48.4. The number of pyridine rings is 1. The first-order valence-corrected chi connectivity index (χ1v) is 7.65. The molecular weight excluding hydrogens is 310 g/mol. The summed E-state index contributed by atoms with van der Waals surface area (Å²) in [5.74, 6) is -0.944. The van der Waals surface area contributed by atoms with Crippen molar-refractivity contribution in [3.8, 4) is 11.5 Å². The number of hydrogen-bond donors (Lipinski definition) is 2. The summed E-state index contributed by atoms with van der Waals surface area (Å²) < 4.78 is 0. The average Bonchev–Trinajstić information content (AvgIpc) is 2.62. The molecular formula is C16H17N5O3. The Morgan fingerprint density at radius 2 is 2.12 bits per heavy atom. The van der Waals surface area contributed by atoms with Gasteiger partial charge < -0.3 is 15.6 Å². The van der Waals surface area contributed by atoms with Crippen molar-refractivity contribution in [1.82, 2.24) is 19.9 Å². The summed E-state index contributed by atoms with van der Waals surface area (Å²) in [7, 11) is 0. The number of hydrogen-bond acceptors (Lipinski definition) is 5. The van der Waals surface area contributed by atoms with Gasteiger partial charge in [-0.3, -0.25) is 19.4 Å². The standard InChI is InChI=1S/C16H17N5O3/c17-13(22)10-4-3-7-21(9-10)16(24)11-8-19-14(20-15(11)23)12-5-1-2-6-18-12/h1-2,5-6,8,10H,3-4,7,9H2,(H2,17,22)(H,19,20,23). The number of carbonyl (C=O) groups is 2. The summed E-state index contributed by atoms with van der Waals surface area (Å²) >= 11 is 0. The smallest absolute Gasteiger partial charge is 0.264 e. The van der Waals surface area contributed by atoms with Crippen molar-refractivity contribution < 1.29 is 9.59 Å². The van der Waals surface area contributed by atoms with Gasteiger partial charge in [-0.25, -0.2) is 4.98 Å². The van der Waals surface area contributed by atoms with Crippen LogP contribution in [-0.2, 0) is 4.79 Å². The van der Waals surface area contributed by atoms with Crippen molar-refractivity contribution in [2.75, 3.05) is 13.1 Å². The van der Waals surface area contributed by atoms with Gasteiger partial charge in [0.25, 0.3) is 11.5 Å². The number of carbonyl (C=O) groups excluding carboxylic acids is 2. The quantitative estimate of drug-likeness (QED) is 0.832. The molecule has 1 aliphatic rings. The maximum atomic E-state index is 12.5. The Kier molecular flexibility index (Phi) is 4.37. The van der Waals surface area contributed by atoms with Gasteiger partial charge in [0.05, 0.1) is 5.92 Å². The first-order valence-electron chi connectivity index (χ1n) is 7.65. The van der Waals surface area contributed by atoms with E-state index in [0.717, 1.165) is 0 Å². The molecule has 1 saturated heterocycles. The van der Waals surface area contributed by atoms with Crippen molar-refractivity contribution in [1.29, 1.82) is 0 Å². The minimum absolute atomic E-state index is 0.0557. The van der Waals surface area contributed by atoms with Gasteiger partial charge in [0, 0.05) is 25.5 Å². The molecule has 2 aromatic rings. The number of nitrogens with zero attached hydrogens (tertiary/aromatic N) is 3. The number of amides is 2. The lowest BCUT2D eigenvalue weighted by atomic mass is 9.97. The Morgan fingerprint density at radius 3 is 2.79 bits per heavy atom. The highest BCUT2D eigenvalue weighted by Gasteiger charge is 2.28. The molecule has 2 aromatic heterocycles. The molecule has 0 bridgehead atoms. The van der Waals surface area contributed by atoms with Gasteiger partial charge in [-0.15, -0.1) is 0 Å². The summed E-state index contributed by atoms with van der Waals surface area (Å²) in [5, 5.41) is 0. The Labute approximate surface area is 137 Å². The van der Waals surface area contributed by atoms with E-state index in [2.05, 4.69) is 15.0 Å². The van der Waals surface area contributed by atoms with Crippen LogP contribution < -0.4 is 11.3 Å². The maximum Gasteiger partial charge on any atom is 0.264 e. The Hall–Kier alpha value is -3.03. The van der Waals surface area contributed by atoms with E-state index >= 15 is 0 Å². The highest BCUT2D eigenvalue weighted by Crippen LogP contribution is 2.17. The molecule has 24 heavy (non-hydrogen) atoms. The molecule has 2 amide bonds. The van der Waals surface area contributed by atoms with Crippen LogP contribution in [0, 0.1) is 5.92 Å². The largest absolute Gasteiger partial charge is 0.369 e. The van der Waals surface area contributed by atoms with Crippen molar-refractivity contribution >= 4 is 11.8 Å². The number of H-pyrrole nitrogens is 1. The zero-order chi connectivity index (χ0) is 17.1. The number of nitrogens with two attached hydrogens (primary N) is 1. The third kappa shape index (κ3) is 3.17. The SMILES string of the molecule is NC(=O)C1CCCN(C(=O)c2cnc(-c3ccccn3)[nH]c2=O)C1. The number of nitrogens with one attached hydrogen (secondary N) is 1. The van der Waals surface area contributed by atoms with E-state index in [4.69, 9.17) is 5.73 Å². The van der Waals surface area contributed by atoms with Crippen molar-refractivity contribution in [3.63, 3.8) is 0 Å². The first-order chi connectivity index (χ1) is 11.6. The topological polar surface area (TPSA) is 122 Å². The second-order valence-corrected chi connectivity index (χ2v) is 5.68. The van der Waals surface area contributed by atoms with E-state index in [0.29, 0.717) is 30.9 Å². The number of aromatic amines is 1. The van der Waals surface area contributed by atoms with E-state index in [1.54, 1.807) is 24.4 Å². The van der Waals surface area contributed by atoms with Crippen LogP contribution in [0.5, 0.6) is 0 Å². The van der Waals surface area contributed by atoms with Crippen molar-refractivity contribution in [2.24, 2.45) is 11.7 Å². The van der Waals surface area contributed by atoms with Crippen molar-refractivity contribution in [3.05, 3.63) is 46.5 Å². The molecule has 0 aliphatic carbocycles. The molecule has 3 N–H and O–H groups in total. The summed E-state index contributed by atoms with van der Waals surface area (Å²) in [6.45, 7) is 0.722. The van der Waals surface area contributed by atoms with Gasteiger partial charge in [-0.1, -0.05) is 6.07 Å². The van der Waals surface area contributed by atoms with E-state index in [-0.39, 0.29) is 18.0 Å². The number of rotatable bonds is 3. The lowest BCUT2D eigenvalue weighted by Crippen LogP contribution is -2.45. The molecule has 124 valence electrons. The predicted molar refractivity (Wildman–Crippen MR) is 85.9 cm³/mol. The monoisotopic (exact) mass is 327 g/mol. The third-order valence-corrected chi connectivity index (χ3v) is 4.05. The fourth-order valence-corrected chi connectivity index (χ4v) is 2.74. The molecule has 0 saturated carbocycles. The maximum absolute atomic E-state index is 12.5. The van der Waals surface area contributed by atoms with E-state index in [1.165, 1.54) is 11.1 Å². The lowest BCUT2D eigenvalue weighted by Gasteiger charge is -2.30. The minimum Gasteiger partial charge on any atom is -0.369 e.